The third-order valence-corrected chi connectivity index (χ3v) is 4.45. The molecule has 2 amide bonds. The van der Waals surface area contributed by atoms with Crippen LogP contribution in [-0.4, -0.2) is 49.4 Å². The highest BCUT2D eigenvalue weighted by atomic mass is 16.2. The van der Waals surface area contributed by atoms with Crippen molar-refractivity contribution in [1.29, 1.82) is 0 Å². The van der Waals surface area contributed by atoms with E-state index in [1.54, 1.807) is 0 Å². The van der Waals surface area contributed by atoms with Crippen LogP contribution in [0.1, 0.15) is 33.6 Å². The summed E-state index contributed by atoms with van der Waals surface area (Å²) in [5.74, 6) is 1.42. The van der Waals surface area contributed by atoms with Crippen LogP contribution in [0.2, 0.25) is 0 Å². The fraction of sp³-hybridized carbons (Fsp3) is 0.867. The molecule has 0 spiro atoms. The van der Waals surface area contributed by atoms with E-state index in [0.29, 0.717) is 0 Å². The maximum atomic E-state index is 12.2. The van der Waals surface area contributed by atoms with Crippen molar-refractivity contribution in [2.45, 2.75) is 33.6 Å². The first-order valence-electron chi connectivity index (χ1n) is 7.64. The molecule has 2 aliphatic heterocycles. The Hall–Kier alpha value is -1.10. The molecule has 0 radical (unpaired) electrons. The number of rotatable bonds is 2. The molecule has 2 saturated heterocycles. The third kappa shape index (κ3) is 3.72. The van der Waals surface area contributed by atoms with E-state index in [-0.39, 0.29) is 18.4 Å². The first-order valence-corrected chi connectivity index (χ1v) is 7.64. The quantitative estimate of drug-likeness (QED) is 0.779. The van der Waals surface area contributed by atoms with E-state index >= 15 is 0 Å². The van der Waals surface area contributed by atoms with E-state index in [2.05, 4.69) is 10.6 Å². The summed E-state index contributed by atoms with van der Waals surface area (Å²) in [6.07, 6.45) is 2.16. The fourth-order valence-electron chi connectivity index (χ4n) is 3.00. The average Bonchev–Trinajstić information content (AvgIpc) is 2.73. The Morgan fingerprint density at radius 1 is 1.15 bits per heavy atom. The number of hydrogen-bond donors (Lipinski definition) is 2. The van der Waals surface area contributed by atoms with Gasteiger partial charge in [0.15, 0.2) is 0 Å². The van der Waals surface area contributed by atoms with Gasteiger partial charge in [-0.25, -0.2) is 0 Å². The van der Waals surface area contributed by atoms with Gasteiger partial charge >= 0.3 is 0 Å². The third-order valence-electron chi connectivity index (χ3n) is 4.45. The second-order valence-electron chi connectivity index (χ2n) is 7.07. The standard InChI is InChI=1S/C15H27N3O2/c1-15(2,3)14(20)17-10-13(19)18-6-4-11-8-16-9-12(11)5-7-18/h11-12,16H,4-10H2,1-3H3,(H,17,20)/t11-,12+. The highest BCUT2D eigenvalue weighted by Gasteiger charge is 2.31. The molecule has 2 heterocycles. The maximum Gasteiger partial charge on any atom is 0.241 e. The Kier molecular flexibility index (Phi) is 4.68. The number of carbonyl (C=O) groups excluding carboxylic acids is 2. The van der Waals surface area contributed by atoms with Crippen LogP contribution >= 0.6 is 0 Å². The first-order chi connectivity index (χ1) is 9.38. The van der Waals surface area contributed by atoms with Gasteiger partial charge in [0.1, 0.15) is 0 Å². The molecule has 2 N–H and O–H groups in total. The van der Waals surface area contributed by atoms with Gasteiger partial charge in [0.2, 0.25) is 11.8 Å². The van der Waals surface area contributed by atoms with Crippen molar-refractivity contribution in [1.82, 2.24) is 15.5 Å². The molecule has 0 aromatic carbocycles. The molecule has 0 bridgehead atoms. The van der Waals surface area contributed by atoms with Gasteiger partial charge in [-0.15, -0.1) is 0 Å². The number of likely N-dealkylation sites (tertiary alicyclic amines) is 1. The molecule has 0 aliphatic carbocycles. The van der Waals surface area contributed by atoms with Crippen molar-refractivity contribution in [3.63, 3.8) is 0 Å². The van der Waals surface area contributed by atoms with E-state index in [9.17, 15) is 9.59 Å². The summed E-state index contributed by atoms with van der Waals surface area (Å²) < 4.78 is 0. The molecule has 2 fully saturated rings. The van der Waals surface area contributed by atoms with Crippen LogP contribution in [0.15, 0.2) is 0 Å². The van der Waals surface area contributed by atoms with Crippen LogP contribution in [0.3, 0.4) is 0 Å². The van der Waals surface area contributed by atoms with E-state index in [1.165, 1.54) is 0 Å². The van der Waals surface area contributed by atoms with Gasteiger partial charge in [0, 0.05) is 18.5 Å². The fourth-order valence-corrected chi connectivity index (χ4v) is 3.00. The molecule has 0 aromatic heterocycles. The van der Waals surface area contributed by atoms with E-state index < -0.39 is 5.41 Å². The predicted octanol–water partition coefficient (Wildman–Crippen LogP) is 0.607. The molecular formula is C15H27N3O2. The van der Waals surface area contributed by atoms with Crippen LogP contribution in [0.25, 0.3) is 0 Å². The second-order valence-corrected chi connectivity index (χ2v) is 7.07. The summed E-state index contributed by atoms with van der Waals surface area (Å²) in [6, 6.07) is 0. The van der Waals surface area contributed by atoms with Crippen LogP contribution in [0, 0.1) is 17.3 Å². The summed E-state index contributed by atoms with van der Waals surface area (Å²) in [5, 5.41) is 6.18. The Morgan fingerprint density at radius 2 is 1.70 bits per heavy atom. The van der Waals surface area contributed by atoms with Gasteiger partial charge in [0.25, 0.3) is 0 Å². The molecule has 2 rings (SSSR count). The molecule has 5 nitrogen and oxygen atoms in total. The zero-order chi connectivity index (χ0) is 14.8. The smallest absolute Gasteiger partial charge is 0.241 e. The van der Waals surface area contributed by atoms with E-state index in [4.69, 9.17) is 0 Å². The minimum Gasteiger partial charge on any atom is -0.347 e. The lowest BCUT2D eigenvalue weighted by Gasteiger charge is -2.23. The summed E-state index contributed by atoms with van der Waals surface area (Å²) in [7, 11) is 0. The molecule has 114 valence electrons. The Balaban J connectivity index is 1.80. The van der Waals surface area contributed by atoms with Crippen molar-refractivity contribution in [3.05, 3.63) is 0 Å². The monoisotopic (exact) mass is 281 g/mol. The maximum absolute atomic E-state index is 12.2. The van der Waals surface area contributed by atoms with Gasteiger partial charge in [-0.3, -0.25) is 9.59 Å². The molecule has 20 heavy (non-hydrogen) atoms. The predicted molar refractivity (Wildman–Crippen MR) is 78.1 cm³/mol. The van der Waals surface area contributed by atoms with Gasteiger partial charge in [0.05, 0.1) is 6.54 Å². The molecule has 0 unspecified atom stereocenters. The van der Waals surface area contributed by atoms with Gasteiger partial charge in [-0.1, -0.05) is 20.8 Å². The lowest BCUT2D eigenvalue weighted by Crippen LogP contribution is -2.44. The molecule has 0 saturated carbocycles. The Bertz CT molecular complexity index is 362. The zero-order valence-corrected chi connectivity index (χ0v) is 12.9. The number of fused-ring (bicyclic) bond motifs is 1. The summed E-state index contributed by atoms with van der Waals surface area (Å²) in [4.78, 5) is 25.9. The normalized spacial score (nSPS) is 26.9. The van der Waals surface area contributed by atoms with Gasteiger partial charge < -0.3 is 15.5 Å². The molecule has 0 aromatic rings. The topological polar surface area (TPSA) is 61.4 Å². The van der Waals surface area contributed by atoms with E-state index in [1.807, 2.05) is 25.7 Å². The minimum absolute atomic E-state index is 0.0514. The summed E-state index contributed by atoms with van der Waals surface area (Å²) >= 11 is 0. The van der Waals surface area contributed by atoms with Crippen molar-refractivity contribution in [3.8, 4) is 0 Å². The number of carbonyl (C=O) groups is 2. The zero-order valence-electron chi connectivity index (χ0n) is 12.9. The number of nitrogens with one attached hydrogen (secondary N) is 2. The average molecular weight is 281 g/mol. The number of nitrogens with zero attached hydrogens (tertiary/aromatic N) is 1. The van der Waals surface area contributed by atoms with Crippen LogP contribution in [0.5, 0.6) is 0 Å². The second kappa shape index (κ2) is 6.12. The van der Waals surface area contributed by atoms with E-state index in [0.717, 1.165) is 50.9 Å². The Morgan fingerprint density at radius 3 is 2.20 bits per heavy atom. The van der Waals surface area contributed by atoms with Gasteiger partial charge in [-0.2, -0.15) is 0 Å². The highest BCUT2D eigenvalue weighted by molar-refractivity contribution is 5.87. The number of hydrogen-bond acceptors (Lipinski definition) is 3. The largest absolute Gasteiger partial charge is 0.347 e. The van der Waals surface area contributed by atoms with Crippen molar-refractivity contribution >= 4 is 11.8 Å². The molecule has 5 heteroatoms. The van der Waals surface area contributed by atoms with Crippen LogP contribution in [-0.2, 0) is 9.59 Å². The van der Waals surface area contributed by atoms with Crippen LogP contribution < -0.4 is 10.6 Å². The lowest BCUT2D eigenvalue weighted by molar-refractivity contribution is -0.135. The van der Waals surface area contributed by atoms with Crippen LogP contribution in [0.4, 0.5) is 0 Å². The Labute approximate surface area is 121 Å². The number of amides is 2. The lowest BCUT2D eigenvalue weighted by atomic mass is 9.92. The molecule has 2 atom stereocenters. The van der Waals surface area contributed by atoms with Crippen molar-refractivity contribution in [2.24, 2.45) is 17.3 Å². The molecule has 2 aliphatic rings. The molecular weight excluding hydrogens is 254 g/mol. The SMILES string of the molecule is CC(C)(C)C(=O)NCC(=O)N1CC[C@@H]2CNC[C@@H]2CC1. The van der Waals surface area contributed by atoms with Gasteiger partial charge in [-0.05, 0) is 37.8 Å². The van der Waals surface area contributed by atoms with Crippen molar-refractivity contribution < 1.29 is 9.59 Å². The van der Waals surface area contributed by atoms with Crippen molar-refractivity contribution in [2.75, 3.05) is 32.7 Å². The summed E-state index contributed by atoms with van der Waals surface area (Å²) in [6.45, 7) is 9.53. The highest BCUT2D eigenvalue weighted by Crippen LogP contribution is 2.27. The minimum atomic E-state index is -0.443. The summed E-state index contributed by atoms with van der Waals surface area (Å²) in [5.41, 5.74) is -0.443. The first kappa shape index (κ1) is 15.3.